The minimum Gasteiger partial charge on any atom is -0.478 e. The summed E-state index contributed by atoms with van der Waals surface area (Å²) in [5.74, 6) is -1.09. The van der Waals surface area contributed by atoms with Crippen LogP contribution >= 0.6 is 11.3 Å². The molecule has 1 aromatic heterocycles. The van der Waals surface area contributed by atoms with E-state index in [0.29, 0.717) is 10.6 Å². The summed E-state index contributed by atoms with van der Waals surface area (Å²) in [6.45, 7) is 0. The number of carboxylic acid groups (broad SMARTS) is 1. The zero-order chi connectivity index (χ0) is 11.7. The van der Waals surface area contributed by atoms with Gasteiger partial charge in [0.25, 0.3) is 0 Å². The van der Waals surface area contributed by atoms with Crippen molar-refractivity contribution in [1.29, 1.82) is 0 Å². The van der Waals surface area contributed by atoms with Gasteiger partial charge < -0.3 is 9.94 Å². The second-order valence-corrected chi connectivity index (χ2v) is 4.13. The zero-order valence-corrected chi connectivity index (χ0v) is 8.64. The molecule has 2 heterocycles. The van der Waals surface area contributed by atoms with E-state index < -0.39 is 17.0 Å². The van der Waals surface area contributed by atoms with E-state index >= 15 is 0 Å². The van der Waals surface area contributed by atoms with E-state index in [1.165, 1.54) is 12.1 Å². The maximum atomic E-state index is 10.6. The third-order valence-electron chi connectivity index (χ3n) is 2.00. The molecular weight excluding hydrogens is 236 g/mol. The first-order chi connectivity index (χ1) is 7.58. The second kappa shape index (κ2) is 3.89. The minimum absolute atomic E-state index is 0.00326. The molecule has 1 aliphatic heterocycles. The molecule has 0 fully saturated rings. The van der Waals surface area contributed by atoms with Gasteiger partial charge in [-0.15, -0.1) is 0 Å². The van der Waals surface area contributed by atoms with Gasteiger partial charge in [-0.25, -0.2) is 4.79 Å². The number of aliphatic carboxylic acids is 1. The summed E-state index contributed by atoms with van der Waals surface area (Å²) in [5.41, 5.74) is 0.436. The molecule has 8 heteroatoms. The Hall–Kier alpha value is -1.96. The van der Waals surface area contributed by atoms with Crippen molar-refractivity contribution in [3.05, 3.63) is 27.1 Å². The zero-order valence-electron chi connectivity index (χ0n) is 7.82. The van der Waals surface area contributed by atoms with Gasteiger partial charge in [0.1, 0.15) is 5.71 Å². The Kier molecular flexibility index (Phi) is 2.57. The number of oxime groups is 1. The standard InChI is InChI=1S/C8H6N2O5S/c11-8(12)5-3-4(9-15-5)6-1-2-7(16-6)10(13)14/h1-2,5H,3H2,(H,11,12). The molecule has 0 spiro atoms. The highest BCUT2D eigenvalue weighted by atomic mass is 32.1. The summed E-state index contributed by atoms with van der Waals surface area (Å²) < 4.78 is 0. The summed E-state index contributed by atoms with van der Waals surface area (Å²) in [6, 6.07) is 2.89. The van der Waals surface area contributed by atoms with E-state index in [-0.39, 0.29) is 11.4 Å². The lowest BCUT2D eigenvalue weighted by Gasteiger charge is -1.98. The first-order valence-corrected chi connectivity index (χ1v) is 5.09. The number of hydrogen-bond donors (Lipinski definition) is 1. The molecule has 0 aromatic carbocycles. The van der Waals surface area contributed by atoms with Crippen LogP contribution in [0.25, 0.3) is 0 Å². The number of hydrogen-bond acceptors (Lipinski definition) is 6. The number of carbonyl (C=O) groups is 1. The Morgan fingerprint density at radius 3 is 2.94 bits per heavy atom. The van der Waals surface area contributed by atoms with Gasteiger partial charge in [0.15, 0.2) is 0 Å². The van der Waals surface area contributed by atoms with Gasteiger partial charge in [-0.2, -0.15) is 0 Å². The Morgan fingerprint density at radius 1 is 1.69 bits per heavy atom. The van der Waals surface area contributed by atoms with Gasteiger partial charge in [-0.3, -0.25) is 10.1 Å². The van der Waals surface area contributed by atoms with Crippen LogP contribution in [0.1, 0.15) is 11.3 Å². The number of rotatable bonds is 3. The molecule has 1 N–H and O–H groups in total. The molecule has 0 radical (unpaired) electrons. The number of nitrogens with zero attached hydrogens (tertiary/aromatic N) is 2. The van der Waals surface area contributed by atoms with Gasteiger partial charge in [0.2, 0.25) is 6.10 Å². The van der Waals surface area contributed by atoms with Crippen LogP contribution in [0.3, 0.4) is 0 Å². The molecule has 1 unspecified atom stereocenters. The first kappa shape index (κ1) is 10.6. The van der Waals surface area contributed by atoms with Crippen LogP contribution in [-0.2, 0) is 9.63 Å². The highest BCUT2D eigenvalue weighted by Gasteiger charge is 2.29. The van der Waals surface area contributed by atoms with E-state index in [0.717, 1.165) is 11.3 Å². The summed E-state index contributed by atoms with van der Waals surface area (Å²) in [5, 5.41) is 22.7. The fraction of sp³-hybridized carbons (Fsp3) is 0.250. The van der Waals surface area contributed by atoms with Gasteiger partial charge in [-0.05, 0) is 6.07 Å². The monoisotopic (exact) mass is 242 g/mol. The van der Waals surface area contributed by atoms with Crippen LogP contribution < -0.4 is 0 Å². The van der Waals surface area contributed by atoms with Crippen LogP contribution in [0.15, 0.2) is 17.3 Å². The van der Waals surface area contributed by atoms with Crippen LogP contribution in [0.4, 0.5) is 5.00 Å². The summed E-state index contributed by atoms with van der Waals surface area (Å²) >= 11 is 0.949. The predicted octanol–water partition coefficient (Wildman–Crippen LogP) is 1.23. The maximum absolute atomic E-state index is 10.6. The topological polar surface area (TPSA) is 102 Å². The van der Waals surface area contributed by atoms with Crippen molar-refractivity contribution >= 4 is 28.0 Å². The third kappa shape index (κ3) is 1.87. The molecule has 2 rings (SSSR count). The van der Waals surface area contributed by atoms with Gasteiger partial charge in [-0.1, -0.05) is 16.5 Å². The van der Waals surface area contributed by atoms with Crippen LogP contribution in [-0.4, -0.2) is 27.8 Å². The molecule has 0 saturated carbocycles. The smallest absolute Gasteiger partial charge is 0.348 e. The highest BCUT2D eigenvalue weighted by molar-refractivity contribution is 7.17. The molecule has 84 valence electrons. The van der Waals surface area contributed by atoms with Crippen molar-refractivity contribution in [2.45, 2.75) is 12.5 Å². The Labute approximate surface area is 93.1 Å². The molecule has 16 heavy (non-hydrogen) atoms. The van der Waals surface area contributed by atoms with Gasteiger partial charge in [0, 0.05) is 12.5 Å². The lowest BCUT2D eigenvalue weighted by atomic mass is 10.1. The van der Waals surface area contributed by atoms with Gasteiger partial charge in [0.05, 0.1) is 9.80 Å². The third-order valence-corrected chi connectivity index (χ3v) is 3.09. The molecular formula is C8H6N2O5S. The molecule has 1 aliphatic rings. The number of nitro groups is 1. The van der Waals surface area contributed by atoms with Crippen molar-refractivity contribution in [1.82, 2.24) is 0 Å². The van der Waals surface area contributed by atoms with E-state index in [1.54, 1.807) is 0 Å². The van der Waals surface area contributed by atoms with Gasteiger partial charge >= 0.3 is 11.0 Å². The molecule has 0 amide bonds. The van der Waals surface area contributed by atoms with Crippen molar-refractivity contribution < 1.29 is 19.7 Å². The van der Waals surface area contributed by atoms with Crippen LogP contribution in [0.2, 0.25) is 0 Å². The fourth-order valence-corrected chi connectivity index (χ4v) is 2.05. The Morgan fingerprint density at radius 2 is 2.44 bits per heavy atom. The highest BCUT2D eigenvalue weighted by Crippen LogP contribution is 2.27. The number of carboxylic acids is 1. The minimum atomic E-state index is -1.09. The average Bonchev–Trinajstić information content (AvgIpc) is 2.86. The van der Waals surface area contributed by atoms with Crippen molar-refractivity contribution in [2.24, 2.45) is 5.16 Å². The van der Waals surface area contributed by atoms with Crippen molar-refractivity contribution in [2.75, 3.05) is 0 Å². The lowest BCUT2D eigenvalue weighted by molar-refractivity contribution is -0.380. The van der Waals surface area contributed by atoms with Crippen molar-refractivity contribution in [3.63, 3.8) is 0 Å². The molecule has 0 aliphatic carbocycles. The fourth-order valence-electron chi connectivity index (χ4n) is 1.24. The molecule has 1 aromatic rings. The van der Waals surface area contributed by atoms with E-state index in [9.17, 15) is 14.9 Å². The van der Waals surface area contributed by atoms with E-state index in [4.69, 9.17) is 5.11 Å². The summed E-state index contributed by atoms with van der Waals surface area (Å²) in [6.07, 6.45) is -0.858. The SMILES string of the molecule is O=C(O)C1CC(c2ccc([N+](=O)[O-])s2)=NO1. The van der Waals surface area contributed by atoms with E-state index in [2.05, 4.69) is 9.99 Å². The van der Waals surface area contributed by atoms with Crippen LogP contribution in [0.5, 0.6) is 0 Å². The lowest BCUT2D eigenvalue weighted by Crippen LogP contribution is -2.19. The predicted molar refractivity (Wildman–Crippen MR) is 54.6 cm³/mol. The molecule has 0 saturated heterocycles. The Bertz CT molecular complexity index is 481. The average molecular weight is 242 g/mol. The summed E-state index contributed by atoms with van der Waals surface area (Å²) in [7, 11) is 0. The molecule has 0 bridgehead atoms. The summed E-state index contributed by atoms with van der Waals surface area (Å²) in [4.78, 5) is 25.8. The van der Waals surface area contributed by atoms with Crippen molar-refractivity contribution in [3.8, 4) is 0 Å². The quantitative estimate of drug-likeness (QED) is 0.634. The largest absolute Gasteiger partial charge is 0.478 e. The first-order valence-electron chi connectivity index (χ1n) is 4.28. The second-order valence-electron chi connectivity index (χ2n) is 3.07. The van der Waals surface area contributed by atoms with E-state index in [1.807, 2.05) is 0 Å². The maximum Gasteiger partial charge on any atom is 0.348 e. The molecule has 7 nitrogen and oxygen atoms in total. The number of thiophene rings is 1. The normalized spacial score (nSPS) is 19.0. The molecule has 1 atom stereocenters. The van der Waals surface area contributed by atoms with Crippen LogP contribution in [0, 0.1) is 10.1 Å². The Balaban J connectivity index is 2.14.